The topological polar surface area (TPSA) is 160 Å². The first kappa shape index (κ1) is 92.3. The van der Waals surface area contributed by atoms with Crippen molar-refractivity contribution >= 4 is 23.1 Å². The monoisotopic (exact) mass is 1590 g/mol. The zero-order valence-corrected chi connectivity index (χ0v) is 73.8. The van der Waals surface area contributed by atoms with Gasteiger partial charge in [-0.25, -0.2) is 15.0 Å². The van der Waals surface area contributed by atoms with Crippen LogP contribution in [0.15, 0.2) is 161 Å². The highest BCUT2D eigenvalue weighted by atomic mass is 16.5. The molecule has 0 spiro atoms. The summed E-state index contributed by atoms with van der Waals surface area (Å²) in [7, 11) is 1.72. The Bertz CT molecular complexity index is 3810. The number of rotatable bonds is 62. The summed E-state index contributed by atoms with van der Waals surface area (Å²) in [6.45, 7) is 23.3. The molecular formula is C102H150N4O10. The van der Waals surface area contributed by atoms with Crippen molar-refractivity contribution in [2.75, 3.05) is 40.1 Å². The Morgan fingerprint density at radius 3 is 1.29 bits per heavy atom. The Morgan fingerprint density at radius 1 is 0.440 bits per heavy atom. The van der Waals surface area contributed by atoms with Crippen molar-refractivity contribution in [3.8, 4) is 34.5 Å². The predicted octanol–water partition coefficient (Wildman–Crippen LogP) is 28.2. The van der Waals surface area contributed by atoms with Crippen LogP contribution in [0.4, 0.5) is 0 Å². The lowest BCUT2D eigenvalue weighted by atomic mass is 9.86. The third kappa shape index (κ3) is 29.7. The molecule has 5 aliphatic heterocycles. The molecule has 0 amide bonds. The molecule has 0 saturated carbocycles. The van der Waals surface area contributed by atoms with E-state index in [4.69, 9.17) is 52.9 Å². The van der Waals surface area contributed by atoms with Crippen molar-refractivity contribution in [2.45, 2.75) is 365 Å². The number of aliphatic imine (C=N–C) groups is 3. The summed E-state index contributed by atoms with van der Waals surface area (Å²) in [6, 6.07) is 18.3. The van der Waals surface area contributed by atoms with E-state index in [-0.39, 0.29) is 44.0 Å². The summed E-state index contributed by atoms with van der Waals surface area (Å²) >= 11 is 0. The number of esters is 1. The van der Waals surface area contributed by atoms with Crippen LogP contribution in [0, 0.1) is 11.8 Å². The highest BCUT2D eigenvalue weighted by molar-refractivity contribution is 6.21. The van der Waals surface area contributed by atoms with Crippen molar-refractivity contribution in [3.63, 3.8) is 0 Å². The predicted molar refractivity (Wildman–Crippen MR) is 480 cm³/mol. The normalized spacial score (nSPS) is 16.3. The van der Waals surface area contributed by atoms with Crippen LogP contribution >= 0.6 is 0 Å². The third-order valence-electron chi connectivity index (χ3n) is 24.3. The van der Waals surface area contributed by atoms with E-state index in [9.17, 15) is 9.90 Å². The SMILES string of the molecule is CCCCCCCCCCCCOc1ccc(COc2cc(COC(=O)CC[C@@H]3C4=C5CC(O)=C6C5=NC(=C6C)C=C5N=C(C=C6N=C(C=C(N4)[C@H]3C)C(C)=C6COC)C(C)=C5CC)cc(OCc3ccc(OCCCCCCCCCCCC)c(OCCCCCCCCCCCC)c3)c2)cc1OCCCCCCCCCCCC. The number of carbonyl (C=O) groups is 1. The molecule has 2 atom stereocenters. The van der Waals surface area contributed by atoms with Gasteiger partial charge in [-0.15, -0.1) is 0 Å². The number of allylic oxidation sites excluding steroid dienone is 11. The molecule has 9 rings (SSSR count). The van der Waals surface area contributed by atoms with Gasteiger partial charge in [0.15, 0.2) is 23.0 Å². The van der Waals surface area contributed by atoms with Gasteiger partial charge in [-0.3, -0.25) is 4.79 Å². The van der Waals surface area contributed by atoms with Gasteiger partial charge in [0.25, 0.3) is 0 Å². The van der Waals surface area contributed by atoms with E-state index >= 15 is 0 Å². The molecule has 0 radical (unpaired) electrons. The second kappa shape index (κ2) is 52.4. The van der Waals surface area contributed by atoms with Crippen LogP contribution in [0.2, 0.25) is 0 Å². The molecule has 14 nitrogen and oxygen atoms in total. The van der Waals surface area contributed by atoms with E-state index in [1.165, 1.54) is 205 Å². The molecule has 3 aromatic carbocycles. The molecule has 0 unspecified atom stereocenters. The minimum absolute atomic E-state index is 0.000190. The highest BCUT2D eigenvalue weighted by Crippen LogP contribution is 2.47. The summed E-state index contributed by atoms with van der Waals surface area (Å²) in [5.41, 5.74) is 16.5. The largest absolute Gasteiger partial charge is 0.511 e. The minimum Gasteiger partial charge on any atom is -0.511 e. The number of fused-ring (bicyclic) bond motifs is 5. The molecule has 6 aliphatic rings. The number of nitrogens with one attached hydrogen (secondary N) is 1. The number of hydrogen-bond donors (Lipinski definition) is 2. The van der Waals surface area contributed by atoms with E-state index in [1.807, 2.05) is 37.3 Å². The van der Waals surface area contributed by atoms with Crippen LogP contribution in [0.25, 0.3) is 0 Å². The van der Waals surface area contributed by atoms with Crippen molar-refractivity contribution in [1.82, 2.24) is 5.32 Å². The van der Waals surface area contributed by atoms with Gasteiger partial charge in [0.1, 0.15) is 37.1 Å². The second-order valence-corrected chi connectivity index (χ2v) is 33.8. The van der Waals surface area contributed by atoms with Crippen molar-refractivity contribution in [2.24, 2.45) is 26.8 Å². The number of carbonyl (C=O) groups excluding carboxylic acids is 1. The van der Waals surface area contributed by atoms with Crippen LogP contribution in [-0.2, 0) is 34.1 Å². The Kier molecular flexibility index (Phi) is 41.7. The number of ether oxygens (including phenoxy) is 8. The summed E-state index contributed by atoms with van der Waals surface area (Å²) in [5.74, 6) is 3.99. The van der Waals surface area contributed by atoms with Crippen LogP contribution in [0.5, 0.6) is 34.5 Å². The van der Waals surface area contributed by atoms with Crippen LogP contribution < -0.4 is 33.7 Å². The average Bonchev–Trinajstić information content (AvgIpc) is 1.58. The fourth-order valence-corrected chi connectivity index (χ4v) is 17.0. The molecule has 116 heavy (non-hydrogen) atoms. The number of unbranched alkanes of at least 4 members (excludes halogenated alkanes) is 36. The zero-order valence-electron chi connectivity index (χ0n) is 73.8. The van der Waals surface area contributed by atoms with Gasteiger partial charge in [-0.05, 0) is 153 Å². The fraction of sp³-hybridized carbons (Fsp3) is 0.627. The molecule has 1 fully saturated rings. The number of methoxy groups -OCH3 is 1. The first-order chi connectivity index (χ1) is 56.8. The third-order valence-corrected chi connectivity index (χ3v) is 24.3. The van der Waals surface area contributed by atoms with E-state index < -0.39 is 0 Å². The molecular weight excluding hydrogens is 1440 g/mol. The average molecular weight is 1590 g/mol. The summed E-state index contributed by atoms with van der Waals surface area (Å²) in [4.78, 5) is 30.3. The first-order valence-electron chi connectivity index (χ1n) is 46.6. The van der Waals surface area contributed by atoms with Gasteiger partial charge >= 0.3 is 5.97 Å². The quantitative estimate of drug-likeness (QED) is 0.0409. The Hall–Kier alpha value is -7.58. The second-order valence-electron chi connectivity index (χ2n) is 33.8. The molecule has 638 valence electrons. The number of hydrogen-bond acceptors (Lipinski definition) is 14. The molecule has 8 bridgehead atoms. The van der Waals surface area contributed by atoms with E-state index in [1.54, 1.807) is 7.11 Å². The fourth-order valence-electron chi connectivity index (χ4n) is 17.0. The molecule has 5 heterocycles. The van der Waals surface area contributed by atoms with Crippen LogP contribution in [0.3, 0.4) is 0 Å². The lowest BCUT2D eigenvalue weighted by Gasteiger charge is -2.18. The summed E-state index contributed by atoms with van der Waals surface area (Å²) < 4.78 is 52.0. The summed E-state index contributed by atoms with van der Waals surface area (Å²) in [5, 5.41) is 15.7. The van der Waals surface area contributed by atoms with E-state index in [0.717, 1.165) is 182 Å². The maximum atomic E-state index is 14.5. The van der Waals surface area contributed by atoms with Gasteiger partial charge in [0.2, 0.25) is 0 Å². The molecule has 1 aliphatic carbocycles. The Balaban J connectivity index is 0.927. The number of aliphatic hydroxyl groups excluding tert-OH is 1. The van der Waals surface area contributed by atoms with Crippen LogP contribution in [-0.4, -0.2) is 68.4 Å². The minimum atomic E-state index is -0.324. The standard InChI is InChI=1S/C102H150N4O10/c1-11-16-20-24-28-32-36-40-44-48-58-110-95-55-52-79(64-97(95)112-60-50-46-42-38-34-30-26-22-18-13-3)71-114-82-62-81(63-83(66-82)115-72-80-53-56-96(111-59-49-45-41-37-33-29-25-21-17-12-2)98(65-80)113-61-51-47-43-39-35-31-27-23-19-14-4)73-116-99(108)57-54-85-76(7)90-68-88-77(8)87(74-109-10)93(104-88)69-89-75(6)84(15-5)92(103-89)70-91-78(9)100-94(107)67-86(101(85)105-90)102(100)106-91/h52-53,55-56,62-66,68-70,76,85,105,107H,11-51,54,57-61,67,71-74H2,1-10H3/t76-,85-/m0/s1. The smallest absolute Gasteiger partial charge is 0.306 e. The van der Waals surface area contributed by atoms with Crippen LogP contribution in [0.1, 0.15) is 362 Å². The highest BCUT2D eigenvalue weighted by Gasteiger charge is 2.42. The lowest BCUT2D eigenvalue weighted by Crippen LogP contribution is -2.16. The number of nitrogens with zero attached hydrogens (tertiary/aromatic N) is 3. The maximum Gasteiger partial charge on any atom is 0.306 e. The molecule has 0 aromatic heterocycles. The van der Waals surface area contributed by atoms with Gasteiger partial charge in [0.05, 0.1) is 67.3 Å². The molecule has 2 N–H and O–H groups in total. The maximum absolute atomic E-state index is 14.5. The zero-order chi connectivity index (χ0) is 81.9. The molecule has 3 aromatic rings. The Morgan fingerprint density at radius 2 is 0.853 bits per heavy atom. The van der Waals surface area contributed by atoms with Gasteiger partial charge in [0, 0.05) is 66.0 Å². The lowest BCUT2D eigenvalue weighted by molar-refractivity contribution is -0.145. The Labute approximate surface area is 701 Å². The molecule has 14 heteroatoms. The van der Waals surface area contributed by atoms with E-state index in [2.05, 4.69) is 103 Å². The number of benzene rings is 3. The van der Waals surface area contributed by atoms with E-state index in [0.29, 0.717) is 63.1 Å². The number of aliphatic hydroxyl groups is 1. The summed E-state index contributed by atoms with van der Waals surface area (Å²) in [6.07, 6.45) is 58.7. The molecule has 1 saturated heterocycles. The van der Waals surface area contributed by atoms with Gasteiger partial charge < -0.3 is 48.3 Å². The first-order valence-corrected chi connectivity index (χ1v) is 46.6. The van der Waals surface area contributed by atoms with Crippen molar-refractivity contribution in [3.05, 3.63) is 163 Å². The van der Waals surface area contributed by atoms with Gasteiger partial charge in [-0.2, -0.15) is 0 Å². The van der Waals surface area contributed by atoms with Crippen molar-refractivity contribution in [1.29, 1.82) is 0 Å². The van der Waals surface area contributed by atoms with Crippen molar-refractivity contribution < 1.29 is 47.8 Å². The van der Waals surface area contributed by atoms with Gasteiger partial charge in [-0.1, -0.05) is 285 Å².